The summed E-state index contributed by atoms with van der Waals surface area (Å²) in [6, 6.07) is 15.5. The van der Waals surface area contributed by atoms with E-state index in [0.29, 0.717) is 11.4 Å². The monoisotopic (exact) mass is 412 g/mol. The van der Waals surface area contributed by atoms with Gasteiger partial charge in [-0.15, -0.1) is 0 Å². The molecule has 1 heterocycles. The highest BCUT2D eigenvalue weighted by atomic mass is 32.1. The third kappa shape index (κ3) is 4.78. The number of amides is 3. The number of urea groups is 1. The second kappa shape index (κ2) is 8.83. The average molecular weight is 412 g/mol. The van der Waals surface area contributed by atoms with Gasteiger partial charge in [-0.3, -0.25) is 4.79 Å². The van der Waals surface area contributed by atoms with E-state index in [9.17, 15) is 14.0 Å². The topological polar surface area (TPSA) is 66.4 Å². The molecule has 3 rings (SSSR count). The molecule has 0 aliphatic rings. The number of nitrogens with one attached hydrogen (secondary N) is 2. The van der Waals surface area contributed by atoms with Crippen LogP contribution >= 0.6 is 12.8 Å². The third-order valence-corrected chi connectivity index (χ3v) is 4.86. The fraction of sp³-hybridized carbons (Fsp3) is 0.143. The largest absolute Gasteiger partial charge is 0.353 e. The number of thiol groups is 1. The standard InChI is InChI=1S/C21H21FN4O2S/c1-14(19-8-5-13-25(19)2)23-21(28)26(29)16-11-9-15(10-12-16)24-20(27)17-6-3-4-7-18(17)22/h3-14,29H,1-2H3,(H,23,28)(H,24,27). The Hall–Kier alpha value is -3.26. The molecule has 0 bridgehead atoms. The zero-order valence-electron chi connectivity index (χ0n) is 16.0. The molecule has 2 N–H and O–H groups in total. The summed E-state index contributed by atoms with van der Waals surface area (Å²) in [5, 5.41) is 5.50. The molecule has 0 radical (unpaired) electrons. The number of rotatable bonds is 5. The van der Waals surface area contributed by atoms with Gasteiger partial charge in [0.2, 0.25) is 0 Å². The summed E-state index contributed by atoms with van der Waals surface area (Å²) < 4.78 is 16.8. The van der Waals surface area contributed by atoms with Gasteiger partial charge in [-0.2, -0.15) is 0 Å². The maximum Gasteiger partial charge on any atom is 0.332 e. The van der Waals surface area contributed by atoms with Crippen LogP contribution < -0.4 is 14.9 Å². The van der Waals surface area contributed by atoms with Crippen molar-refractivity contribution in [3.63, 3.8) is 0 Å². The van der Waals surface area contributed by atoms with E-state index in [0.717, 1.165) is 5.69 Å². The number of benzene rings is 2. The number of hydrogen-bond acceptors (Lipinski definition) is 3. The van der Waals surface area contributed by atoms with Crippen LogP contribution in [-0.2, 0) is 7.05 Å². The zero-order valence-corrected chi connectivity index (χ0v) is 16.9. The first-order valence-corrected chi connectivity index (χ1v) is 9.33. The van der Waals surface area contributed by atoms with Crippen LogP contribution in [0, 0.1) is 5.82 Å². The number of aromatic nitrogens is 1. The third-order valence-electron chi connectivity index (χ3n) is 4.45. The van der Waals surface area contributed by atoms with Crippen molar-refractivity contribution in [2.75, 3.05) is 9.62 Å². The average Bonchev–Trinajstić information content (AvgIpc) is 3.14. The van der Waals surface area contributed by atoms with Crippen LogP contribution in [0.15, 0.2) is 66.9 Å². The van der Waals surface area contributed by atoms with E-state index in [1.807, 2.05) is 36.9 Å². The lowest BCUT2D eigenvalue weighted by Crippen LogP contribution is -2.36. The molecule has 2 aromatic carbocycles. The Labute approximate surface area is 173 Å². The van der Waals surface area contributed by atoms with E-state index in [1.54, 1.807) is 30.3 Å². The van der Waals surface area contributed by atoms with Gasteiger partial charge in [0.05, 0.1) is 17.3 Å². The molecule has 150 valence electrons. The number of aryl methyl sites for hydroxylation is 1. The Morgan fingerprint density at radius 1 is 1.07 bits per heavy atom. The molecule has 1 unspecified atom stereocenters. The molecular weight excluding hydrogens is 391 g/mol. The van der Waals surface area contributed by atoms with Gasteiger partial charge in [-0.05, 0) is 55.5 Å². The molecule has 1 aromatic heterocycles. The number of halogens is 1. The van der Waals surface area contributed by atoms with Gasteiger partial charge in [0.1, 0.15) is 5.82 Å². The van der Waals surface area contributed by atoms with Crippen LogP contribution in [0.4, 0.5) is 20.6 Å². The maximum absolute atomic E-state index is 13.7. The van der Waals surface area contributed by atoms with E-state index in [4.69, 9.17) is 0 Å². The fourth-order valence-electron chi connectivity index (χ4n) is 2.89. The van der Waals surface area contributed by atoms with Gasteiger partial charge in [0, 0.05) is 24.6 Å². The van der Waals surface area contributed by atoms with Crippen molar-refractivity contribution in [3.05, 3.63) is 83.9 Å². The molecule has 8 heteroatoms. The van der Waals surface area contributed by atoms with Crippen molar-refractivity contribution in [1.29, 1.82) is 0 Å². The maximum atomic E-state index is 13.7. The molecule has 0 fully saturated rings. The Kier molecular flexibility index (Phi) is 6.23. The minimum Gasteiger partial charge on any atom is -0.353 e. The number of carbonyl (C=O) groups excluding carboxylic acids is 2. The Morgan fingerprint density at radius 3 is 2.38 bits per heavy atom. The van der Waals surface area contributed by atoms with Gasteiger partial charge in [-0.25, -0.2) is 13.5 Å². The molecule has 1 atom stereocenters. The first-order valence-electron chi connectivity index (χ1n) is 8.93. The van der Waals surface area contributed by atoms with Gasteiger partial charge in [-0.1, -0.05) is 24.9 Å². The summed E-state index contributed by atoms with van der Waals surface area (Å²) in [7, 11) is 1.91. The van der Waals surface area contributed by atoms with Crippen molar-refractivity contribution in [2.45, 2.75) is 13.0 Å². The first kappa shape index (κ1) is 20.5. The lowest BCUT2D eigenvalue weighted by atomic mass is 10.2. The molecule has 3 aromatic rings. The van der Waals surface area contributed by atoms with Gasteiger partial charge in [0.25, 0.3) is 5.91 Å². The molecule has 6 nitrogen and oxygen atoms in total. The molecule has 0 spiro atoms. The Balaban J connectivity index is 1.63. The molecule has 0 saturated heterocycles. The quantitative estimate of drug-likeness (QED) is 0.539. The predicted octanol–water partition coefficient (Wildman–Crippen LogP) is 4.54. The smallest absolute Gasteiger partial charge is 0.332 e. The van der Waals surface area contributed by atoms with Crippen LogP contribution in [0.25, 0.3) is 0 Å². The summed E-state index contributed by atoms with van der Waals surface area (Å²) in [4.78, 5) is 24.6. The van der Waals surface area contributed by atoms with Crippen LogP contribution in [0.2, 0.25) is 0 Å². The van der Waals surface area contributed by atoms with Crippen molar-refractivity contribution >= 4 is 36.1 Å². The van der Waals surface area contributed by atoms with Gasteiger partial charge >= 0.3 is 6.03 Å². The SMILES string of the molecule is CC(NC(=O)N(S)c1ccc(NC(=O)c2ccccc2F)cc1)c1cccn1C. The number of carbonyl (C=O) groups is 2. The lowest BCUT2D eigenvalue weighted by molar-refractivity contribution is 0.102. The number of hydrogen-bond donors (Lipinski definition) is 3. The second-order valence-electron chi connectivity index (χ2n) is 6.51. The minimum atomic E-state index is -0.591. The molecule has 0 saturated carbocycles. The highest BCUT2D eigenvalue weighted by Crippen LogP contribution is 2.21. The number of nitrogens with zero attached hydrogens (tertiary/aromatic N) is 2. The Morgan fingerprint density at radius 2 is 1.76 bits per heavy atom. The van der Waals surface area contributed by atoms with Crippen LogP contribution in [0.5, 0.6) is 0 Å². The van der Waals surface area contributed by atoms with Crippen LogP contribution in [0.3, 0.4) is 0 Å². The van der Waals surface area contributed by atoms with E-state index >= 15 is 0 Å². The van der Waals surface area contributed by atoms with E-state index in [-0.39, 0.29) is 17.6 Å². The molecule has 29 heavy (non-hydrogen) atoms. The normalized spacial score (nSPS) is 11.6. The van der Waals surface area contributed by atoms with Crippen LogP contribution in [0.1, 0.15) is 29.0 Å². The van der Waals surface area contributed by atoms with Crippen LogP contribution in [-0.4, -0.2) is 16.5 Å². The van der Waals surface area contributed by atoms with Gasteiger partial charge in [0.15, 0.2) is 0 Å². The predicted molar refractivity (Wildman–Crippen MR) is 115 cm³/mol. The fourth-order valence-corrected chi connectivity index (χ4v) is 3.08. The van der Waals surface area contributed by atoms with E-state index in [1.165, 1.54) is 22.5 Å². The summed E-state index contributed by atoms with van der Waals surface area (Å²) in [5.41, 5.74) is 1.92. The van der Waals surface area contributed by atoms with Crippen molar-refractivity contribution < 1.29 is 14.0 Å². The second-order valence-corrected chi connectivity index (χ2v) is 6.91. The van der Waals surface area contributed by atoms with Crippen molar-refractivity contribution in [3.8, 4) is 0 Å². The molecule has 0 aliphatic carbocycles. The Bertz CT molecular complexity index is 1020. The molecule has 0 aliphatic heterocycles. The summed E-state index contributed by atoms with van der Waals surface area (Å²) in [6.45, 7) is 1.89. The minimum absolute atomic E-state index is 0.0403. The highest BCUT2D eigenvalue weighted by Gasteiger charge is 2.17. The van der Waals surface area contributed by atoms with E-state index < -0.39 is 11.7 Å². The summed E-state index contributed by atoms with van der Waals surface area (Å²) in [5.74, 6) is -1.14. The van der Waals surface area contributed by atoms with Crippen molar-refractivity contribution in [2.24, 2.45) is 7.05 Å². The highest BCUT2D eigenvalue weighted by molar-refractivity contribution is 7.82. The number of anilines is 2. The molecule has 3 amide bonds. The first-order chi connectivity index (χ1) is 13.9. The summed E-state index contributed by atoms with van der Waals surface area (Å²) in [6.07, 6.45) is 1.91. The molecular formula is C21H21FN4O2S. The zero-order chi connectivity index (χ0) is 21.0. The van der Waals surface area contributed by atoms with E-state index in [2.05, 4.69) is 23.4 Å². The van der Waals surface area contributed by atoms with Gasteiger partial charge < -0.3 is 15.2 Å². The summed E-state index contributed by atoms with van der Waals surface area (Å²) >= 11 is 4.26. The lowest BCUT2D eigenvalue weighted by Gasteiger charge is -2.21. The van der Waals surface area contributed by atoms with Crippen molar-refractivity contribution in [1.82, 2.24) is 9.88 Å².